The van der Waals surface area contributed by atoms with E-state index in [1.54, 1.807) is 0 Å². The Morgan fingerprint density at radius 1 is 0.269 bits per heavy atom. The van der Waals surface area contributed by atoms with Crippen molar-refractivity contribution in [1.29, 1.82) is 0 Å². The van der Waals surface area contributed by atoms with Gasteiger partial charge in [-0.15, -0.1) is 0 Å². The van der Waals surface area contributed by atoms with Crippen LogP contribution in [-0.2, 0) is 0 Å². The van der Waals surface area contributed by atoms with Gasteiger partial charge in [0.05, 0.1) is 0 Å². The minimum Gasteiger partial charge on any atom is -0.400 e. The highest BCUT2D eigenvalue weighted by Gasteiger charge is 1.79. The molecule has 0 spiro atoms. The van der Waals surface area contributed by atoms with E-state index >= 15 is 0 Å². The topological polar surface area (TPSA) is 142 Å². The zero-order chi connectivity index (χ0) is 24.7. The molecule has 0 saturated carbocycles. The Kier molecular flexibility index (Phi) is 358. The zero-order valence-corrected chi connectivity index (χ0v) is 22.1. The van der Waals surface area contributed by atoms with Gasteiger partial charge in [-0.25, -0.2) is 0 Å². The van der Waals surface area contributed by atoms with Gasteiger partial charge in [0.15, 0.2) is 12.9 Å². The van der Waals surface area contributed by atoms with Crippen LogP contribution < -0.4 is 0 Å². The summed E-state index contributed by atoms with van der Waals surface area (Å²) in [4.78, 5) is 0. The first-order valence-electron chi connectivity index (χ1n) is 5.09. The van der Waals surface area contributed by atoms with Crippen LogP contribution in [0.2, 0.25) is 0 Å². The van der Waals surface area contributed by atoms with E-state index < -0.39 is 12.9 Å². The van der Waals surface area contributed by atoms with E-state index in [1.165, 1.54) is 0 Å². The van der Waals surface area contributed by atoms with Gasteiger partial charge in [0, 0.05) is 49.8 Å². The van der Waals surface area contributed by atoms with Crippen molar-refractivity contribution >= 4 is 104 Å². The second kappa shape index (κ2) is 148. The quantitative estimate of drug-likeness (QED) is 0.218. The molecule has 0 aromatic heterocycles. The fourth-order valence-corrected chi connectivity index (χ4v) is 0. The summed E-state index contributed by atoms with van der Waals surface area (Å²) in [5, 5.41) is 49.0. The molecule has 0 aliphatic carbocycles. The van der Waals surface area contributed by atoms with Gasteiger partial charge in [-0.05, 0) is 0 Å². The molecule has 0 heterocycles. The number of halogens is 9. The molecular formula is C10H31Cl9O7. The van der Waals surface area contributed by atoms with E-state index in [9.17, 15) is 0 Å². The highest BCUT2D eigenvalue weighted by molar-refractivity contribution is 6.63. The minimum absolute atomic E-state index is 0.750. The third-order valence-corrected chi connectivity index (χ3v) is 0. The molecule has 26 heavy (non-hydrogen) atoms. The lowest BCUT2D eigenvalue weighted by atomic mass is 11.8. The molecule has 0 aromatic carbocycles. The van der Waals surface area contributed by atoms with Crippen LogP contribution >= 0.6 is 104 Å². The Hall–Kier alpha value is 2.33. The summed E-state index contributed by atoms with van der Waals surface area (Å²) >= 11 is 43.3. The molecular weight excluding hydrogens is 551 g/mol. The molecule has 0 aliphatic rings. The van der Waals surface area contributed by atoms with Crippen molar-refractivity contribution in [2.24, 2.45) is 0 Å². The zero-order valence-electron chi connectivity index (χ0n) is 15.3. The summed E-state index contributed by atoms with van der Waals surface area (Å²) in [5.74, 6) is 0. The van der Waals surface area contributed by atoms with Crippen LogP contribution in [0.4, 0.5) is 0 Å². The fraction of sp³-hybridized carbons (Fsp3) is 1.00. The second-order valence-electron chi connectivity index (χ2n) is 0.742. The normalized spacial score (nSPS) is 5.77. The first-order valence-corrected chi connectivity index (χ1v) is 9.02. The van der Waals surface area contributed by atoms with Crippen molar-refractivity contribution in [2.45, 2.75) is 12.9 Å². The minimum atomic E-state index is -0.750. The SMILES string of the molecule is CO.CO.CO.CO.CO.CO.CO.ClC(Cl)Cl.ClC(Cl)Cl.ClC(Cl)Cl. The summed E-state index contributed by atoms with van der Waals surface area (Å²) in [5.41, 5.74) is 0. The number of alkyl halides is 9. The molecule has 0 aromatic rings. The first-order chi connectivity index (χ1) is 12.2. The van der Waals surface area contributed by atoms with Gasteiger partial charge >= 0.3 is 0 Å². The molecule has 7 nitrogen and oxygen atoms in total. The van der Waals surface area contributed by atoms with E-state index in [4.69, 9.17) is 140 Å². The monoisotopic (exact) mass is 578 g/mol. The van der Waals surface area contributed by atoms with Crippen molar-refractivity contribution in [2.75, 3.05) is 49.8 Å². The molecule has 0 unspecified atom stereocenters. The lowest BCUT2D eigenvalue weighted by Gasteiger charge is -1.69. The number of aliphatic hydroxyl groups excluding tert-OH is 7. The van der Waals surface area contributed by atoms with Gasteiger partial charge in [-0.2, -0.15) is 0 Å². The van der Waals surface area contributed by atoms with E-state index in [0.29, 0.717) is 0 Å². The van der Waals surface area contributed by atoms with E-state index in [1.807, 2.05) is 0 Å². The first kappa shape index (κ1) is 63.0. The molecule has 0 radical (unpaired) electrons. The third-order valence-electron chi connectivity index (χ3n) is 0. The number of rotatable bonds is 0. The van der Waals surface area contributed by atoms with Gasteiger partial charge in [0.25, 0.3) is 0 Å². The number of hydrogen-bond acceptors (Lipinski definition) is 7. The van der Waals surface area contributed by atoms with Crippen molar-refractivity contribution in [3.63, 3.8) is 0 Å². The largest absolute Gasteiger partial charge is 0.400 e. The van der Waals surface area contributed by atoms with E-state index in [-0.39, 0.29) is 0 Å². The predicted octanol–water partition coefficient (Wildman–Crippen LogP) is 3.22. The highest BCUT2D eigenvalue weighted by atomic mass is 35.6. The Labute approximate surface area is 201 Å². The predicted molar refractivity (Wildman–Crippen MR) is 121 cm³/mol. The summed E-state index contributed by atoms with van der Waals surface area (Å²) in [6.07, 6.45) is 0. The Balaban J connectivity index is -0.0000000140. The van der Waals surface area contributed by atoms with Gasteiger partial charge in [0.2, 0.25) is 0 Å². The summed E-state index contributed by atoms with van der Waals surface area (Å²) < 4.78 is -2.25. The van der Waals surface area contributed by atoms with Gasteiger partial charge in [-0.3, -0.25) is 0 Å². The van der Waals surface area contributed by atoms with Crippen LogP contribution in [0.25, 0.3) is 0 Å². The van der Waals surface area contributed by atoms with Crippen LogP contribution in [0.3, 0.4) is 0 Å². The summed E-state index contributed by atoms with van der Waals surface area (Å²) in [7, 11) is 7.00. The Morgan fingerprint density at radius 3 is 0.269 bits per heavy atom. The number of aliphatic hydroxyl groups is 7. The number of hydrogen-bond donors (Lipinski definition) is 7. The van der Waals surface area contributed by atoms with Gasteiger partial charge < -0.3 is 35.7 Å². The van der Waals surface area contributed by atoms with E-state index in [0.717, 1.165) is 49.8 Å². The maximum atomic E-state index is 7.00. The lowest BCUT2D eigenvalue weighted by molar-refractivity contribution is 0.399. The van der Waals surface area contributed by atoms with Crippen molar-refractivity contribution < 1.29 is 35.7 Å². The third kappa shape index (κ3) is 3110. The molecule has 16 heteroatoms. The van der Waals surface area contributed by atoms with Gasteiger partial charge in [-0.1, -0.05) is 104 Å². The molecule has 176 valence electrons. The van der Waals surface area contributed by atoms with E-state index in [2.05, 4.69) is 0 Å². The molecule has 0 fully saturated rings. The average Bonchev–Trinajstić information content (AvgIpc) is 2.65. The second-order valence-corrected chi connectivity index (χ2v) is 6.68. The molecule has 0 saturated heterocycles. The van der Waals surface area contributed by atoms with Crippen LogP contribution in [0.5, 0.6) is 0 Å². The molecule has 7 N–H and O–H groups in total. The maximum absolute atomic E-state index is 7.00. The molecule has 0 atom stereocenters. The Morgan fingerprint density at radius 2 is 0.269 bits per heavy atom. The van der Waals surface area contributed by atoms with Crippen LogP contribution in [0.15, 0.2) is 0 Å². The molecule has 0 aliphatic heterocycles. The lowest BCUT2D eigenvalue weighted by Crippen LogP contribution is -1.55. The average molecular weight is 582 g/mol. The highest BCUT2D eigenvalue weighted by Crippen LogP contribution is 2.04. The summed E-state index contributed by atoms with van der Waals surface area (Å²) in [6.45, 7) is 0. The van der Waals surface area contributed by atoms with Crippen molar-refractivity contribution in [3.05, 3.63) is 0 Å². The smallest absolute Gasteiger partial charge is 0.180 e. The van der Waals surface area contributed by atoms with Gasteiger partial charge in [0.1, 0.15) is 0 Å². The molecule has 0 bridgehead atoms. The van der Waals surface area contributed by atoms with Crippen LogP contribution in [-0.4, -0.2) is 98.4 Å². The fourth-order valence-electron chi connectivity index (χ4n) is 0. The standard InChI is InChI=1S/3CHCl3.7CH4O/c3*2-1(3)4;7*1-2/h3*1H;7*2H,1H3. The van der Waals surface area contributed by atoms with Crippen LogP contribution in [0.1, 0.15) is 0 Å². The van der Waals surface area contributed by atoms with Crippen LogP contribution in [0, 0.1) is 0 Å². The molecule has 0 rings (SSSR count). The van der Waals surface area contributed by atoms with Crippen molar-refractivity contribution in [3.8, 4) is 0 Å². The molecule has 0 amide bonds. The Bertz CT molecular complexity index is 69.3. The maximum Gasteiger partial charge on any atom is 0.180 e. The van der Waals surface area contributed by atoms with Crippen molar-refractivity contribution in [1.82, 2.24) is 0 Å². The summed E-state index contributed by atoms with van der Waals surface area (Å²) in [6, 6.07) is 0.